The van der Waals surface area contributed by atoms with E-state index >= 15 is 0 Å². The Kier molecular flexibility index (Phi) is 4.96. The summed E-state index contributed by atoms with van der Waals surface area (Å²) < 4.78 is 28.1. The maximum atomic E-state index is 13.0. The number of nitrogens with one attached hydrogen (secondary N) is 1. The summed E-state index contributed by atoms with van der Waals surface area (Å²) in [4.78, 5) is 13.0. The van der Waals surface area contributed by atoms with Crippen LogP contribution >= 0.6 is 0 Å². The molecule has 2 aliphatic rings. The highest BCUT2D eigenvalue weighted by Crippen LogP contribution is 2.46. The van der Waals surface area contributed by atoms with Crippen LogP contribution in [0.1, 0.15) is 39.0 Å². The van der Waals surface area contributed by atoms with Crippen LogP contribution in [0.25, 0.3) is 0 Å². The van der Waals surface area contributed by atoms with Crippen molar-refractivity contribution < 1.29 is 13.2 Å². The molecule has 0 spiro atoms. The largest absolute Gasteiger partial charge is 0.354 e. The molecule has 24 heavy (non-hydrogen) atoms. The smallest absolute Gasteiger partial charge is 0.227 e. The van der Waals surface area contributed by atoms with Gasteiger partial charge in [0.25, 0.3) is 0 Å². The van der Waals surface area contributed by atoms with Crippen molar-refractivity contribution in [1.29, 1.82) is 0 Å². The van der Waals surface area contributed by atoms with E-state index in [4.69, 9.17) is 0 Å². The van der Waals surface area contributed by atoms with Crippen molar-refractivity contribution in [1.82, 2.24) is 19.4 Å². The summed E-state index contributed by atoms with van der Waals surface area (Å²) in [7, 11) is -3.23. The molecule has 1 amide bonds. The lowest BCUT2D eigenvalue weighted by Gasteiger charge is -2.50. The maximum absolute atomic E-state index is 13.0. The number of hydrogen-bond acceptors (Lipinski definition) is 4. The number of sulfonamides is 1. The van der Waals surface area contributed by atoms with Crippen LogP contribution in [0.15, 0.2) is 18.5 Å². The number of carbonyl (C=O) groups excluding carboxylic acids is 1. The highest BCUT2D eigenvalue weighted by Gasteiger charge is 2.54. The molecule has 2 fully saturated rings. The Morgan fingerprint density at radius 2 is 2.21 bits per heavy atom. The number of amides is 1. The molecule has 0 bridgehead atoms. The number of nitrogens with zero attached hydrogens (tertiary/aromatic N) is 3. The Balaban J connectivity index is 1.73. The van der Waals surface area contributed by atoms with Gasteiger partial charge in [-0.15, -0.1) is 0 Å². The van der Waals surface area contributed by atoms with Gasteiger partial charge in [0.05, 0.1) is 17.7 Å². The zero-order valence-corrected chi connectivity index (χ0v) is 15.0. The second kappa shape index (κ2) is 6.84. The molecule has 8 heteroatoms. The summed E-state index contributed by atoms with van der Waals surface area (Å²) in [6.45, 7) is 3.43. The first-order valence-corrected chi connectivity index (χ1v) is 10.4. The van der Waals surface area contributed by atoms with Gasteiger partial charge in [0.1, 0.15) is 0 Å². The van der Waals surface area contributed by atoms with Crippen molar-refractivity contribution in [2.75, 3.05) is 18.8 Å². The van der Waals surface area contributed by atoms with Crippen molar-refractivity contribution in [3.05, 3.63) is 18.5 Å². The molecule has 2 heterocycles. The fraction of sp³-hybridized carbons (Fsp3) is 0.750. The Labute approximate surface area is 143 Å². The van der Waals surface area contributed by atoms with E-state index in [2.05, 4.69) is 10.4 Å². The van der Waals surface area contributed by atoms with E-state index in [1.54, 1.807) is 15.2 Å². The SMILES string of the molecule is CCN1[C@@H]2CCCC[C@@]2(C(=O)NCCn2cccn2)CCS1(=O)=O. The second-order valence-corrected chi connectivity index (χ2v) is 8.75. The van der Waals surface area contributed by atoms with Crippen molar-refractivity contribution in [3.8, 4) is 0 Å². The molecule has 134 valence electrons. The summed E-state index contributed by atoms with van der Waals surface area (Å²) in [6, 6.07) is 1.66. The molecule has 0 radical (unpaired) electrons. The molecule has 1 N–H and O–H groups in total. The quantitative estimate of drug-likeness (QED) is 0.854. The van der Waals surface area contributed by atoms with Gasteiger partial charge in [-0.25, -0.2) is 8.42 Å². The van der Waals surface area contributed by atoms with Crippen LogP contribution in [0, 0.1) is 5.41 Å². The van der Waals surface area contributed by atoms with E-state index in [1.165, 1.54) is 0 Å². The summed E-state index contributed by atoms with van der Waals surface area (Å²) in [5.74, 6) is 0.0805. The number of rotatable bonds is 5. The number of fused-ring (bicyclic) bond motifs is 1. The van der Waals surface area contributed by atoms with Gasteiger partial charge in [-0.1, -0.05) is 19.8 Å². The van der Waals surface area contributed by atoms with Crippen LogP contribution in [-0.2, 0) is 21.4 Å². The normalized spacial score (nSPS) is 29.8. The maximum Gasteiger partial charge on any atom is 0.227 e. The fourth-order valence-electron chi connectivity index (χ4n) is 4.24. The number of aromatic nitrogens is 2. The zero-order chi connectivity index (χ0) is 17.2. The first kappa shape index (κ1) is 17.4. The highest BCUT2D eigenvalue weighted by atomic mass is 32.2. The van der Waals surface area contributed by atoms with Crippen LogP contribution in [-0.4, -0.2) is 53.3 Å². The molecule has 7 nitrogen and oxygen atoms in total. The Hall–Kier alpha value is -1.41. The van der Waals surface area contributed by atoms with Gasteiger partial charge in [-0.05, 0) is 25.3 Å². The Bertz CT molecular complexity index is 674. The van der Waals surface area contributed by atoms with Gasteiger partial charge in [-0.3, -0.25) is 9.48 Å². The standard InChI is InChI=1S/C16H26N4O3S/c1-2-20-14-6-3-4-7-16(14,8-13-24(20,22)23)15(21)17-10-12-19-11-5-9-18-19/h5,9,11,14H,2-4,6-8,10,12-13H2,1H3,(H,17,21)/t14-,16-/m1/s1. The molecule has 1 saturated carbocycles. The number of carbonyl (C=O) groups is 1. The molecular weight excluding hydrogens is 328 g/mol. The van der Waals surface area contributed by atoms with Gasteiger partial charge in [0.2, 0.25) is 15.9 Å². The molecule has 1 aliphatic heterocycles. The van der Waals surface area contributed by atoms with Gasteiger partial charge >= 0.3 is 0 Å². The molecule has 0 unspecified atom stereocenters. The van der Waals surface area contributed by atoms with Crippen LogP contribution in [0.4, 0.5) is 0 Å². The van der Waals surface area contributed by atoms with E-state index in [0.717, 1.165) is 25.7 Å². The van der Waals surface area contributed by atoms with E-state index in [1.807, 2.05) is 19.2 Å². The zero-order valence-electron chi connectivity index (χ0n) is 14.1. The van der Waals surface area contributed by atoms with Crippen LogP contribution in [0.2, 0.25) is 0 Å². The van der Waals surface area contributed by atoms with Crippen LogP contribution in [0.5, 0.6) is 0 Å². The number of hydrogen-bond donors (Lipinski definition) is 1. The van der Waals surface area contributed by atoms with Crippen molar-refractivity contribution in [3.63, 3.8) is 0 Å². The monoisotopic (exact) mass is 354 g/mol. The minimum atomic E-state index is -3.23. The van der Waals surface area contributed by atoms with Crippen molar-refractivity contribution in [2.24, 2.45) is 5.41 Å². The molecule has 1 aromatic rings. The predicted octanol–water partition coefficient (Wildman–Crippen LogP) is 0.984. The summed E-state index contributed by atoms with van der Waals surface area (Å²) in [5.41, 5.74) is -0.566. The van der Waals surface area contributed by atoms with E-state index in [0.29, 0.717) is 26.1 Å². The van der Waals surface area contributed by atoms with Gasteiger partial charge in [0, 0.05) is 31.5 Å². The third-order valence-corrected chi connectivity index (χ3v) is 7.40. The second-order valence-electron chi connectivity index (χ2n) is 6.71. The topological polar surface area (TPSA) is 84.3 Å². The third-order valence-electron chi connectivity index (χ3n) is 5.45. The summed E-state index contributed by atoms with van der Waals surface area (Å²) >= 11 is 0. The molecule has 1 saturated heterocycles. The van der Waals surface area contributed by atoms with E-state index < -0.39 is 15.4 Å². The minimum Gasteiger partial charge on any atom is -0.354 e. The van der Waals surface area contributed by atoms with Crippen LogP contribution < -0.4 is 5.32 Å². The van der Waals surface area contributed by atoms with Gasteiger partial charge < -0.3 is 5.32 Å². The van der Waals surface area contributed by atoms with Crippen molar-refractivity contribution in [2.45, 2.75) is 51.6 Å². The average molecular weight is 354 g/mol. The third kappa shape index (κ3) is 3.09. The lowest BCUT2D eigenvalue weighted by atomic mass is 9.67. The minimum absolute atomic E-state index is 0.00714. The van der Waals surface area contributed by atoms with Gasteiger partial charge in [-0.2, -0.15) is 9.40 Å². The first-order valence-electron chi connectivity index (χ1n) is 8.75. The Morgan fingerprint density at radius 1 is 1.38 bits per heavy atom. The lowest BCUT2D eigenvalue weighted by Crippen LogP contribution is -2.62. The average Bonchev–Trinajstić information content (AvgIpc) is 3.07. The molecule has 1 aliphatic carbocycles. The molecule has 1 aromatic heterocycles. The fourth-order valence-corrected chi connectivity index (χ4v) is 6.19. The molecule has 2 atom stereocenters. The lowest BCUT2D eigenvalue weighted by molar-refractivity contribution is -0.137. The highest BCUT2D eigenvalue weighted by molar-refractivity contribution is 7.89. The first-order chi connectivity index (χ1) is 11.5. The summed E-state index contributed by atoms with van der Waals surface area (Å²) in [5, 5.41) is 7.16. The van der Waals surface area contributed by atoms with Crippen molar-refractivity contribution >= 4 is 15.9 Å². The molecular formula is C16H26N4O3S. The predicted molar refractivity (Wildman–Crippen MR) is 90.7 cm³/mol. The molecule has 3 rings (SSSR count). The van der Waals surface area contributed by atoms with E-state index in [-0.39, 0.29) is 17.7 Å². The van der Waals surface area contributed by atoms with E-state index in [9.17, 15) is 13.2 Å². The van der Waals surface area contributed by atoms with Crippen LogP contribution in [0.3, 0.4) is 0 Å². The Morgan fingerprint density at radius 3 is 2.92 bits per heavy atom. The summed E-state index contributed by atoms with van der Waals surface area (Å²) in [6.07, 6.45) is 7.53. The molecule has 0 aromatic carbocycles. The van der Waals surface area contributed by atoms with Gasteiger partial charge in [0.15, 0.2) is 0 Å².